The van der Waals surface area contributed by atoms with Gasteiger partial charge in [-0.1, -0.05) is 13.8 Å². The van der Waals surface area contributed by atoms with E-state index in [1.165, 1.54) is 0 Å². The van der Waals surface area contributed by atoms with E-state index in [0.29, 0.717) is 0 Å². The van der Waals surface area contributed by atoms with Crippen LogP contribution in [0.4, 0.5) is 8.78 Å². The standard InChI is InChI=1S/C12H16F2O/c1-6-4-5-9-7(2)8(3)10(13)11(14)12(9)15-6/h6-8H,4-5H2,1-3H3. The molecule has 0 amide bonds. The maximum Gasteiger partial charge on any atom is 0.196 e. The molecule has 0 fully saturated rings. The summed E-state index contributed by atoms with van der Waals surface area (Å²) >= 11 is 0. The summed E-state index contributed by atoms with van der Waals surface area (Å²) in [4.78, 5) is 0. The molecule has 3 unspecified atom stereocenters. The first-order valence-corrected chi connectivity index (χ1v) is 5.47. The first-order valence-electron chi connectivity index (χ1n) is 5.47. The van der Waals surface area contributed by atoms with Crippen LogP contribution in [-0.4, -0.2) is 6.10 Å². The van der Waals surface area contributed by atoms with E-state index >= 15 is 0 Å². The number of rotatable bonds is 0. The fourth-order valence-corrected chi connectivity index (χ4v) is 2.26. The minimum absolute atomic E-state index is 0.0112. The summed E-state index contributed by atoms with van der Waals surface area (Å²) in [5, 5.41) is 0. The molecule has 1 aliphatic carbocycles. The first kappa shape index (κ1) is 10.7. The fourth-order valence-electron chi connectivity index (χ4n) is 2.26. The van der Waals surface area contributed by atoms with E-state index in [-0.39, 0.29) is 23.7 Å². The smallest absolute Gasteiger partial charge is 0.196 e. The molecule has 1 nitrogen and oxygen atoms in total. The molecule has 0 bridgehead atoms. The normalized spacial score (nSPS) is 36.5. The van der Waals surface area contributed by atoms with Gasteiger partial charge in [-0.15, -0.1) is 0 Å². The van der Waals surface area contributed by atoms with Crippen LogP contribution >= 0.6 is 0 Å². The SMILES string of the molecule is CC1CCC2=C(O1)C(F)=C(F)C(C)C2C. The molecule has 84 valence electrons. The van der Waals surface area contributed by atoms with Gasteiger partial charge in [-0.2, -0.15) is 4.39 Å². The van der Waals surface area contributed by atoms with Crippen LogP contribution in [0.1, 0.15) is 33.6 Å². The maximum absolute atomic E-state index is 13.6. The number of ether oxygens (including phenoxy) is 1. The van der Waals surface area contributed by atoms with Gasteiger partial charge in [-0.25, -0.2) is 4.39 Å². The summed E-state index contributed by atoms with van der Waals surface area (Å²) < 4.78 is 32.5. The second-order valence-corrected chi connectivity index (χ2v) is 4.56. The summed E-state index contributed by atoms with van der Waals surface area (Å²) in [6.45, 7) is 5.55. The van der Waals surface area contributed by atoms with Crippen LogP contribution in [0, 0.1) is 11.8 Å². The van der Waals surface area contributed by atoms with Crippen molar-refractivity contribution in [2.45, 2.75) is 39.7 Å². The molecular weight excluding hydrogens is 198 g/mol. The molecule has 0 N–H and O–H groups in total. The second kappa shape index (κ2) is 3.62. The van der Waals surface area contributed by atoms with Gasteiger partial charge in [-0.3, -0.25) is 0 Å². The number of allylic oxidation sites excluding steroid dienone is 3. The zero-order valence-corrected chi connectivity index (χ0v) is 9.31. The van der Waals surface area contributed by atoms with Crippen molar-refractivity contribution in [3.05, 3.63) is 23.0 Å². The highest BCUT2D eigenvalue weighted by Crippen LogP contribution is 2.44. The van der Waals surface area contributed by atoms with Crippen LogP contribution in [0.2, 0.25) is 0 Å². The number of halogens is 2. The molecule has 3 heteroatoms. The van der Waals surface area contributed by atoms with E-state index in [2.05, 4.69) is 0 Å². The maximum atomic E-state index is 13.6. The van der Waals surface area contributed by atoms with Crippen molar-refractivity contribution >= 4 is 0 Å². The molecule has 2 aliphatic rings. The topological polar surface area (TPSA) is 9.23 Å². The molecule has 1 heterocycles. The minimum Gasteiger partial charge on any atom is -0.488 e. The van der Waals surface area contributed by atoms with Crippen LogP contribution in [-0.2, 0) is 4.74 Å². The predicted octanol–water partition coefficient (Wildman–Crippen LogP) is 3.88. The van der Waals surface area contributed by atoms with Gasteiger partial charge < -0.3 is 4.74 Å². The molecular formula is C12H16F2O. The lowest BCUT2D eigenvalue weighted by molar-refractivity contribution is 0.0912. The van der Waals surface area contributed by atoms with Gasteiger partial charge in [0.25, 0.3) is 0 Å². The van der Waals surface area contributed by atoms with Gasteiger partial charge >= 0.3 is 0 Å². The van der Waals surface area contributed by atoms with Gasteiger partial charge in [0, 0.05) is 5.92 Å². The highest BCUT2D eigenvalue weighted by Gasteiger charge is 2.36. The van der Waals surface area contributed by atoms with Crippen molar-refractivity contribution in [1.82, 2.24) is 0 Å². The molecule has 15 heavy (non-hydrogen) atoms. The highest BCUT2D eigenvalue weighted by atomic mass is 19.2. The van der Waals surface area contributed by atoms with Crippen molar-refractivity contribution in [3.63, 3.8) is 0 Å². The summed E-state index contributed by atoms with van der Waals surface area (Å²) in [5.74, 6) is -1.57. The zero-order valence-electron chi connectivity index (χ0n) is 9.31. The fraction of sp³-hybridized carbons (Fsp3) is 0.667. The van der Waals surface area contributed by atoms with Gasteiger partial charge in [-0.05, 0) is 31.3 Å². The Labute approximate surface area is 88.8 Å². The Hall–Kier alpha value is -0.860. The van der Waals surface area contributed by atoms with E-state index in [1.54, 1.807) is 6.92 Å². The summed E-state index contributed by atoms with van der Waals surface area (Å²) in [6.07, 6.45) is 1.70. The third kappa shape index (κ3) is 1.58. The highest BCUT2D eigenvalue weighted by molar-refractivity contribution is 5.36. The second-order valence-electron chi connectivity index (χ2n) is 4.56. The van der Waals surface area contributed by atoms with E-state index in [4.69, 9.17) is 4.74 Å². The Kier molecular flexibility index (Phi) is 2.57. The van der Waals surface area contributed by atoms with Gasteiger partial charge in [0.15, 0.2) is 11.6 Å². The average molecular weight is 214 g/mol. The van der Waals surface area contributed by atoms with Crippen molar-refractivity contribution in [3.8, 4) is 0 Å². The Morgan fingerprint density at radius 3 is 2.47 bits per heavy atom. The molecule has 0 spiro atoms. The third-order valence-electron chi connectivity index (χ3n) is 3.54. The first-order chi connectivity index (χ1) is 7.02. The molecule has 2 rings (SSSR count). The Balaban J connectivity index is 2.43. The lowest BCUT2D eigenvalue weighted by atomic mass is 9.79. The summed E-state index contributed by atoms with van der Waals surface area (Å²) in [7, 11) is 0. The quantitative estimate of drug-likeness (QED) is 0.594. The largest absolute Gasteiger partial charge is 0.488 e. The number of hydrogen-bond donors (Lipinski definition) is 0. The van der Waals surface area contributed by atoms with Crippen molar-refractivity contribution in [1.29, 1.82) is 0 Å². The molecule has 0 aromatic carbocycles. The lowest BCUT2D eigenvalue weighted by Crippen LogP contribution is -2.26. The van der Waals surface area contributed by atoms with Crippen LogP contribution in [0.5, 0.6) is 0 Å². The van der Waals surface area contributed by atoms with Gasteiger partial charge in [0.05, 0.1) is 6.10 Å². The third-order valence-corrected chi connectivity index (χ3v) is 3.54. The summed E-state index contributed by atoms with van der Waals surface area (Å²) in [5.41, 5.74) is 0.944. The van der Waals surface area contributed by atoms with Crippen LogP contribution in [0.25, 0.3) is 0 Å². The molecule has 0 aromatic heterocycles. The predicted molar refractivity (Wildman–Crippen MR) is 54.4 cm³/mol. The van der Waals surface area contributed by atoms with E-state index < -0.39 is 11.7 Å². The van der Waals surface area contributed by atoms with Crippen LogP contribution in [0.15, 0.2) is 23.0 Å². The van der Waals surface area contributed by atoms with Crippen molar-refractivity contribution in [2.24, 2.45) is 11.8 Å². The van der Waals surface area contributed by atoms with Crippen LogP contribution < -0.4 is 0 Å². The lowest BCUT2D eigenvalue weighted by Gasteiger charge is -2.34. The zero-order chi connectivity index (χ0) is 11.2. The molecule has 0 saturated carbocycles. The molecule has 1 aliphatic heterocycles. The van der Waals surface area contributed by atoms with Crippen molar-refractivity contribution < 1.29 is 13.5 Å². The van der Waals surface area contributed by atoms with Crippen LogP contribution in [0.3, 0.4) is 0 Å². The van der Waals surface area contributed by atoms with E-state index in [9.17, 15) is 8.78 Å². The molecule has 3 atom stereocenters. The number of hydrogen-bond acceptors (Lipinski definition) is 1. The monoisotopic (exact) mass is 214 g/mol. The molecule has 0 saturated heterocycles. The average Bonchev–Trinajstić information content (AvgIpc) is 2.23. The Bertz CT molecular complexity index is 344. The van der Waals surface area contributed by atoms with E-state index in [0.717, 1.165) is 18.4 Å². The molecule has 0 aromatic rings. The Morgan fingerprint density at radius 1 is 1.13 bits per heavy atom. The minimum atomic E-state index is -0.776. The van der Waals surface area contributed by atoms with Crippen molar-refractivity contribution in [2.75, 3.05) is 0 Å². The van der Waals surface area contributed by atoms with Gasteiger partial charge in [0.1, 0.15) is 5.83 Å². The van der Waals surface area contributed by atoms with Gasteiger partial charge in [0.2, 0.25) is 0 Å². The Morgan fingerprint density at radius 2 is 1.80 bits per heavy atom. The molecule has 0 radical (unpaired) electrons. The van der Waals surface area contributed by atoms with E-state index in [1.807, 2.05) is 13.8 Å². The summed E-state index contributed by atoms with van der Waals surface area (Å²) in [6, 6.07) is 0.